The molecular formula is C16H16BrNO3. The molecule has 2 aromatic carbocycles. The van der Waals surface area contributed by atoms with Gasteiger partial charge in [0.2, 0.25) is 0 Å². The van der Waals surface area contributed by atoms with Gasteiger partial charge in [0.15, 0.2) is 0 Å². The van der Waals surface area contributed by atoms with Gasteiger partial charge in [-0.15, -0.1) is 0 Å². The first-order valence-electron chi connectivity index (χ1n) is 6.38. The second-order valence-electron chi connectivity index (χ2n) is 4.38. The molecule has 110 valence electrons. The summed E-state index contributed by atoms with van der Waals surface area (Å²) in [5.74, 6) is 0.493. The van der Waals surface area contributed by atoms with Crippen molar-refractivity contribution in [3.05, 3.63) is 58.1 Å². The van der Waals surface area contributed by atoms with E-state index in [2.05, 4.69) is 26.0 Å². The lowest BCUT2D eigenvalue weighted by Crippen LogP contribution is -2.03. The number of halogens is 1. The summed E-state index contributed by atoms with van der Waals surface area (Å²) in [6.45, 7) is 0.625. The molecule has 0 heterocycles. The van der Waals surface area contributed by atoms with Crippen molar-refractivity contribution in [2.24, 2.45) is 0 Å². The largest absolute Gasteiger partial charge is 0.496 e. The number of anilines is 1. The third-order valence-corrected chi connectivity index (χ3v) is 3.52. The van der Waals surface area contributed by atoms with Crippen molar-refractivity contribution in [2.75, 3.05) is 19.5 Å². The zero-order valence-electron chi connectivity index (χ0n) is 11.9. The third kappa shape index (κ3) is 3.98. The normalized spacial score (nSPS) is 10.0. The van der Waals surface area contributed by atoms with E-state index in [1.807, 2.05) is 30.3 Å². The van der Waals surface area contributed by atoms with E-state index in [0.717, 1.165) is 21.5 Å². The molecular weight excluding hydrogens is 334 g/mol. The van der Waals surface area contributed by atoms with Crippen LogP contribution in [0.2, 0.25) is 0 Å². The van der Waals surface area contributed by atoms with Crippen LogP contribution < -0.4 is 10.1 Å². The number of hydrogen-bond donors (Lipinski definition) is 1. The molecule has 0 aliphatic heterocycles. The second-order valence-corrected chi connectivity index (χ2v) is 5.29. The molecule has 0 amide bonds. The highest BCUT2D eigenvalue weighted by Crippen LogP contribution is 2.24. The summed E-state index contributed by atoms with van der Waals surface area (Å²) < 4.78 is 11.0. The molecule has 0 unspecified atom stereocenters. The topological polar surface area (TPSA) is 47.6 Å². The van der Waals surface area contributed by atoms with Gasteiger partial charge in [-0.25, -0.2) is 4.79 Å². The highest BCUT2D eigenvalue weighted by molar-refractivity contribution is 9.10. The third-order valence-electron chi connectivity index (χ3n) is 3.03. The van der Waals surface area contributed by atoms with Crippen LogP contribution in [0.15, 0.2) is 46.9 Å². The Hall–Kier alpha value is -2.01. The van der Waals surface area contributed by atoms with Crippen LogP contribution in [0, 0.1) is 0 Å². The van der Waals surface area contributed by atoms with Crippen LogP contribution in [0.5, 0.6) is 5.75 Å². The van der Waals surface area contributed by atoms with Gasteiger partial charge in [0.25, 0.3) is 0 Å². The number of ether oxygens (including phenoxy) is 2. The number of nitrogens with one attached hydrogen (secondary N) is 1. The fraction of sp³-hybridized carbons (Fsp3) is 0.188. The molecule has 5 heteroatoms. The fourth-order valence-corrected chi connectivity index (χ4v) is 2.33. The van der Waals surface area contributed by atoms with Crippen molar-refractivity contribution < 1.29 is 14.3 Å². The fourth-order valence-electron chi connectivity index (χ4n) is 1.92. The van der Waals surface area contributed by atoms with E-state index in [-0.39, 0.29) is 5.97 Å². The molecule has 2 rings (SSSR count). The first-order valence-corrected chi connectivity index (χ1v) is 7.18. The first-order chi connectivity index (χ1) is 10.1. The van der Waals surface area contributed by atoms with Crippen molar-refractivity contribution in [2.45, 2.75) is 6.54 Å². The van der Waals surface area contributed by atoms with Gasteiger partial charge < -0.3 is 14.8 Å². The summed E-state index contributed by atoms with van der Waals surface area (Å²) >= 11 is 3.45. The van der Waals surface area contributed by atoms with Gasteiger partial charge >= 0.3 is 5.97 Å². The zero-order valence-corrected chi connectivity index (χ0v) is 13.4. The van der Waals surface area contributed by atoms with E-state index in [1.54, 1.807) is 19.2 Å². The van der Waals surface area contributed by atoms with Crippen LogP contribution >= 0.6 is 15.9 Å². The highest BCUT2D eigenvalue weighted by Gasteiger charge is 2.06. The monoisotopic (exact) mass is 349 g/mol. The summed E-state index contributed by atoms with van der Waals surface area (Å²) in [7, 11) is 3.02. The summed E-state index contributed by atoms with van der Waals surface area (Å²) in [5, 5.41) is 3.29. The molecule has 0 saturated heterocycles. The van der Waals surface area contributed by atoms with Crippen LogP contribution in [-0.2, 0) is 11.3 Å². The van der Waals surface area contributed by atoms with Crippen molar-refractivity contribution in [3.63, 3.8) is 0 Å². The standard InChI is InChI=1S/C16H16BrNO3/c1-20-15-8-5-13(17)9-12(15)10-18-14-6-3-11(4-7-14)16(19)21-2/h3-9,18H,10H2,1-2H3. The number of rotatable bonds is 5. The minimum atomic E-state index is -0.338. The number of esters is 1. The molecule has 21 heavy (non-hydrogen) atoms. The Morgan fingerprint density at radius 1 is 1.14 bits per heavy atom. The minimum Gasteiger partial charge on any atom is -0.496 e. The summed E-state index contributed by atoms with van der Waals surface area (Å²) in [6.07, 6.45) is 0. The van der Waals surface area contributed by atoms with Gasteiger partial charge in [-0.3, -0.25) is 0 Å². The van der Waals surface area contributed by atoms with Gasteiger partial charge in [0, 0.05) is 22.3 Å². The molecule has 0 radical (unpaired) electrons. The maximum atomic E-state index is 11.4. The lowest BCUT2D eigenvalue weighted by atomic mass is 10.1. The Labute approximate surface area is 132 Å². The maximum absolute atomic E-state index is 11.4. The van der Waals surface area contributed by atoms with Gasteiger partial charge in [-0.1, -0.05) is 15.9 Å². The Morgan fingerprint density at radius 2 is 1.86 bits per heavy atom. The molecule has 0 saturated carbocycles. The predicted octanol–water partition coefficient (Wildman–Crippen LogP) is 3.86. The van der Waals surface area contributed by atoms with E-state index < -0.39 is 0 Å². The Kier molecular flexibility index (Phi) is 5.22. The predicted molar refractivity (Wildman–Crippen MR) is 85.8 cm³/mol. The SMILES string of the molecule is COC(=O)c1ccc(NCc2cc(Br)ccc2OC)cc1. The van der Waals surface area contributed by atoms with Crippen molar-refractivity contribution >= 4 is 27.6 Å². The van der Waals surface area contributed by atoms with Crippen LogP contribution in [0.3, 0.4) is 0 Å². The minimum absolute atomic E-state index is 0.338. The highest BCUT2D eigenvalue weighted by atomic mass is 79.9. The zero-order chi connectivity index (χ0) is 15.2. The first kappa shape index (κ1) is 15.4. The number of carbonyl (C=O) groups excluding carboxylic acids is 1. The van der Waals surface area contributed by atoms with Crippen LogP contribution in [0.4, 0.5) is 5.69 Å². The number of hydrogen-bond acceptors (Lipinski definition) is 4. The Bertz CT molecular complexity index is 626. The smallest absolute Gasteiger partial charge is 0.337 e. The Morgan fingerprint density at radius 3 is 2.48 bits per heavy atom. The lowest BCUT2D eigenvalue weighted by molar-refractivity contribution is 0.0601. The molecule has 4 nitrogen and oxygen atoms in total. The van der Waals surface area contributed by atoms with E-state index >= 15 is 0 Å². The van der Waals surface area contributed by atoms with E-state index in [0.29, 0.717) is 12.1 Å². The second kappa shape index (κ2) is 7.13. The molecule has 0 aliphatic carbocycles. The van der Waals surface area contributed by atoms with E-state index in [9.17, 15) is 4.79 Å². The molecule has 1 N–H and O–H groups in total. The van der Waals surface area contributed by atoms with Crippen molar-refractivity contribution in [1.82, 2.24) is 0 Å². The van der Waals surface area contributed by atoms with Gasteiger partial charge in [-0.05, 0) is 42.5 Å². The lowest BCUT2D eigenvalue weighted by Gasteiger charge is -2.11. The Balaban J connectivity index is 2.06. The van der Waals surface area contributed by atoms with Gasteiger partial charge in [0.05, 0.1) is 19.8 Å². The molecule has 0 aliphatic rings. The van der Waals surface area contributed by atoms with Gasteiger partial charge in [0.1, 0.15) is 5.75 Å². The van der Waals surface area contributed by atoms with Gasteiger partial charge in [-0.2, -0.15) is 0 Å². The average molecular weight is 350 g/mol. The summed E-state index contributed by atoms with van der Waals surface area (Å²) in [5.41, 5.74) is 2.50. The summed E-state index contributed by atoms with van der Waals surface area (Å²) in [6, 6.07) is 13.0. The molecule has 0 fully saturated rings. The maximum Gasteiger partial charge on any atom is 0.337 e. The van der Waals surface area contributed by atoms with Crippen LogP contribution in [-0.4, -0.2) is 20.2 Å². The molecule has 0 aromatic heterocycles. The average Bonchev–Trinajstić information content (AvgIpc) is 2.52. The molecule has 0 bridgehead atoms. The summed E-state index contributed by atoms with van der Waals surface area (Å²) in [4.78, 5) is 11.4. The van der Waals surface area contributed by atoms with E-state index in [1.165, 1.54) is 7.11 Å². The van der Waals surface area contributed by atoms with Crippen molar-refractivity contribution in [1.29, 1.82) is 0 Å². The quantitative estimate of drug-likeness (QED) is 0.832. The number of carbonyl (C=O) groups is 1. The molecule has 0 atom stereocenters. The van der Waals surface area contributed by atoms with Crippen LogP contribution in [0.1, 0.15) is 15.9 Å². The van der Waals surface area contributed by atoms with Crippen LogP contribution in [0.25, 0.3) is 0 Å². The number of methoxy groups -OCH3 is 2. The van der Waals surface area contributed by atoms with E-state index in [4.69, 9.17) is 4.74 Å². The molecule has 2 aromatic rings. The van der Waals surface area contributed by atoms with Crippen molar-refractivity contribution in [3.8, 4) is 5.75 Å². The molecule has 0 spiro atoms. The number of benzene rings is 2.